The molecule has 0 fully saturated rings. The number of nitrogens with zero attached hydrogens (tertiary/aromatic N) is 1. The molecule has 0 aromatic heterocycles. The number of hydrogen-bond acceptors (Lipinski definition) is 1. The van der Waals surface area contributed by atoms with Crippen LogP contribution in [0.5, 0.6) is 0 Å². The number of rotatable bonds is 0. The standard InChI is InChI=1S/C2H3N.2ClH.Pt/c1-2-3;;;/h1H3;2*1H;/q;;;+2/p-2. The SMILES string of the molecule is CC#N.[Cl][Pt][Cl]. The zero-order valence-electron chi connectivity index (χ0n) is 3.02. The molecule has 0 aliphatic rings. The fourth-order valence-corrected chi connectivity index (χ4v) is 0. The van der Waals surface area contributed by atoms with Crippen molar-refractivity contribution in [2.45, 2.75) is 6.92 Å². The van der Waals surface area contributed by atoms with Crippen molar-refractivity contribution >= 4 is 18.8 Å². The summed E-state index contributed by atoms with van der Waals surface area (Å²) in [6.45, 7) is 1.43. The van der Waals surface area contributed by atoms with Gasteiger partial charge in [-0.1, -0.05) is 0 Å². The summed E-state index contributed by atoms with van der Waals surface area (Å²) in [7, 11) is 9.75. The predicted octanol–water partition coefficient (Wildman–Crippen LogP) is 1.91. The zero-order valence-corrected chi connectivity index (χ0v) is 6.80. The van der Waals surface area contributed by atoms with Crippen molar-refractivity contribution in [2.24, 2.45) is 0 Å². The van der Waals surface area contributed by atoms with E-state index in [1.165, 1.54) is 6.92 Å². The number of hydrogen-bond donors (Lipinski definition) is 0. The van der Waals surface area contributed by atoms with Crippen LogP contribution in [0.25, 0.3) is 0 Å². The molecule has 0 heterocycles. The van der Waals surface area contributed by atoms with Gasteiger partial charge in [0.05, 0.1) is 6.07 Å². The van der Waals surface area contributed by atoms with Crippen LogP contribution in [-0.4, -0.2) is 0 Å². The predicted molar refractivity (Wildman–Crippen MR) is 23.0 cm³/mol. The monoisotopic (exact) mass is 306 g/mol. The molecule has 0 N–H and O–H groups in total. The molecule has 40 valence electrons. The minimum absolute atomic E-state index is 0.472. The Morgan fingerprint density at radius 3 is 1.67 bits per heavy atom. The Morgan fingerprint density at radius 2 is 1.67 bits per heavy atom. The van der Waals surface area contributed by atoms with Crippen molar-refractivity contribution < 1.29 is 16.5 Å². The maximum absolute atomic E-state index is 7.32. The minimum atomic E-state index is -0.472. The van der Waals surface area contributed by atoms with Gasteiger partial charge in [0, 0.05) is 6.92 Å². The molecule has 0 atom stereocenters. The van der Waals surface area contributed by atoms with Crippen LogP contribution in [0.1, 0.15) is 6.92 Å². The van der Waals surface area contributed by atoms with Gasteiger partial charge in [0.25, 0.3) is 0 Å². The summed E-state index contributed by atoms with van der Waals surface area (Å²) < 4.78 is 0. The van der Waals surface area contributed by atoms with Crippen LogP contribution in [0.3, 0.4) is 0 Å². The average Bonchev–Trinajstić information content (AvgIpc) is 1.39. The van der Waals surface area contributed by atoms with E-state index in [4.69, 9.17) is 24.1 Å². The van der Waals surface area contributed by atoms with Crippen LogP contribution < -0.4 is 0 Å². The van der Waals surface area contributed by atoms with Gasteiger partial charge in [-0.25, -0.2) is 0 Å². The van der Waals surface area contributed by atoms with E-state index in [1.54, 1.807) is 6.07 Å². The molecule has 0 unspecified atom stereocenters. The first-order valence-corrected chi connectivity index (χ1v) is 6.59. The first-order chi connectivity index (χ1) is 2.83. The molecule has 0 aromatic carbocycles. The van der Waals surface area contributed by atoms with Crippen molar-refractivity contribution in [1.82, 2.24) is 0 Å². The van der Waals surface area contributed by atoms with Crippen molar-refractivity contribution in [3.63, 3.8) is 0 Å². The van der Waals surface area contributed by atoms with E-state index in [0.717, 1.165) is 0 Å². The molecule has 6 heavy (non-hydrogen) atoms. The van der Waals surface area contributed by atoms with Gasteiger partial charge in [-0.15, -0.1) is 0 Å². The Kier molecular flexibility index (Phi) is 28.3. The molecule has 0 saturated carbocycles. The quantitative estimate of drug-likeness (QED) is 0.671. The van der Waals surface area contributed by atoms with Crippen LogP contribution in [-0.2, 0) is 16.5 Å². The van der Waals surface area contributed by atoms with E-state index in [9.17, 15) is 0 Å². The Balaban J connectivity index is 0. The van der Waals surface area contributed by atoms with Gasteiger partial charge in [-0.3, -0.25) is 0 Å². The van der Waals surface area contributed by atoms with E-state index in [1.807, 2.05) is 0 Å². The van der Waals surface area contributed by atoms with Gasteiger partial charge in [-0.05, 0) is 0 Å². The Morgan fingerprint density at radius 1 is 1.67 bits per heavy atom. The van der Waals surface area contributed by atoms with Crippen LogP contribution in [0.4, 0.5) is 0 Å². The fourth-order valence-electron chi connectivity index (χ4n) is 0. The molecule has 0 aliphatic heterocycles. The summed E-state index contributed by atoms with van der Waals surface area (Å²) in [6.07, 6.45) is 0. The van der Waals surface area contributed by atoms with Crippen molar-refractivity contribution in [2.75, 3.05) is 0 Å². The second-order valence-electron chi connectivity index (χ2n) is 0.269. The van der Waals surface area contributed by atoms with Gasteiger partial charge in [0.15, 0.2) is 0 Å². The molecular weight excluding hydrogens is 304 g/mol. The van der Waals surface area contributed by atoms with Crippen molar-refractivity contribution in [1.29, 1.82) is 5.26 Å². The van der Waals surface area contributed by atoms with E-state index in [0.29, 0.717) is 0 Å². The number of nitriles is 1. The van der Waals surface area contributed by atoms with Gasteiger partial charge in [0.2, 0.25) is 0 Å². The first kappa shape index (κ1) is 9.90. The normalized spacial score (nSPS) is 5.00. The van der Waals surface area contributed by atoms with Gasteiger partial charge in [0.1, 0.15) is 0 Å². The second kappa shape index (κ2) is 17.1. The number of halogens is 2. The summed E-state index contributed by atoms with van der Waals surface area (Å²) in [5.41, 5.74) is 0. The Hall–Kier alpha value is 0.758. The molecule has 0 aromatic rings. The molecule has 0 rings (SSSR count). The van der Waals surface area contributed by atoms with Crippen LogP contribution in [0.2, 0.25) is 0 Å². The van der Waals surface area contributed by atoms with Crippen LogP contribution >= 0.6 is 18.8 Å². The average molecular weight is 307 g/mol. The molecule has 0 spiro atoms. The fraction of sp³-hybridized carbons (Fsp3) is 0.500. The third-order valence-electron chi connectivity index (χ3n) is 0. The Labute approximate surface area is 53.6 Å². The van der Waals surface area contributed by atoms with E-state index in [2.05, 4.69) is 0 Å². The summed E-state index contributed by atoms with van der Waals surface area (Å²) >= 11 is -0.472. The summed E-state index contributed by atoms with van der Waals surface area (Å²) in [4.78, 5) is 0. The third-order valence-corrected chi connectivity index (χ3v) is 0. The van der Waals surface area contributed by atoms with E-state index in [-0.39, 0.29) is 0 Å². The van der Waals surface area contributed by atoms with Gasteiger partial charge >= 0.3 is 35.3 Å². The molecule has 1 nitrogen and oxygen atoms in total. The molecule has 0 aliphatic carbocycles. The summed E-state index contributed by atoms with van der Waals surface area (Å²) in [5.74, 6) is 0. The topological polar surface area (TPSA) is 23.8 Å². The maximum atomic E-state index is 7.32. The Bertz CT molecular complexity index is 41.3. The second-order valence-corrected chi connectivity index (χ2v) is 3.55. The zero-order chi connectivity index (χ0) is 5.41. The van der Waals surface area contributed by atoms with E-state index >= 15 is 0 Å². The first-order valence-electron chi connectivity index (χ1n) is 0.963. The summed E-state index contributed by atoms with van der Waals surface area (Å²) in [6, 6.07) is 1.75. The van der Waals surface area contributed by atoms with Gasteiger partial charge in [-0.2, -0.15) is 5.26 Å². The van der Waals surface area contributed by atoms with Crippen LogP contribution in [0.15, 0.2) is 0 Å². The van der Waals surface area contributed by atoms with E-state index < -0.39 is 16.5 Å². The molecular formula is C2H3Cl2NPt. The van der Waals surface area contributed by atoms with Crippen molar-refractivity contribution in [3.8, 4) is 6.07 Å². The molecule has 4 heteroatoms. The van der Waals surface area contributed by atoms with Crippen LogP contribution in [0, 0.1) is 11.3 Å². The molecule has 0 radical (unpaired) electrons. The van der Waals surface area contributed by atoms with Gasteiger partial charge < -0.3 is 0 Å². The van der Waals surface area contributed by atoms with Crippen molar-refractivity contribution in [3.05, 3.63) is 0 Å². The summed E-state index contributed by atoms with van der Waals surface area (Å²) in [5, 5.41) is 7.32. The molecule has 0 amide bonds. The third kappa shape index (κ3) is 117. The molecule has 0 saturated heterocycles. The molecule has 0 bridgehead atoms.